The molecule has 0 atom stereocenters. The number of aryl methyl sites for hydroxylation is 2. The molecule has 30 heavy (non-hydrogen) atoms. The maximum absolute atomic E-state index is 12.6. The molecule has 158 valence electrons. The number of nitrogens with one attached hydrogen (secondary N) is 1. The van der Waals surface area contributed by atoms with E-state index in [1.165, 1.54) is 0 Å². The standard InChI is InChI=1S/C23H26N2O5/c1-15-3-5-19(16(2)11-15)28-13-22(26)25-9-7-17(8-10-25)23(27)24-18-4-6-20-21(12-18)30-14-29-20/h3-6,11-12,17H,7-10,13-14H2,1-2H3,(H,24,27). The molecule has 2 amide bonds. The van der Waals surface area contributed by atoms with E-state index in [0.717, 1.165) is 16.9 Å². The lowest BCUT2D eigenvalue weighted by Crippen LogP contribution is -2.43. The van der Waals surface area contributed by atoms with Crippen molar-refractivity contribution in [1.82, 2.24) is 4.90 Å². The molecule has 7 nitrogen and oxygen atoms in total. The van der Waals surface area contributed by atoms with Crippen molar-refractivity contribution in [2.45, 2.75) is 26.7 Å². The summed E-state index contributed by atoms with van der Waals surface area (Å²) in [5.74, 6) is 1.84. The van der Waals surface area contributed by atoms with Gasteiger partial charge >= 0.3 is 0 Å². The zero-order valence-corrected chi connectivity index (χ0v) is 17.3. The summed E-state index contributed by atoms with van der Waals surface area (Å²) in [7, 11) is 0. The van der Waals surface area contributed by atoms with Gasteiger partial charge in [0.2, 0.25) is 12.7 Å². The molecule has 2 aromatic rings. The van der Waals surface area contributed by atoms with E-state index in [-0.39, 0.29) is 31.1 Å². The average molecular weight is 410 g/mol. The lowest BCUT2D eigenvalue weighted by molar-refractivity contribution is -0.136. The van der Waals surface area contributed by atoms with E-state index in [0.29, 0.717) is 43.1 Å². The maximum atomic E-state index is 12.6. The molecule has 2 aliphatic heterocycles. The number of carbonyl (C=O) groups excluding carboxylic acids is 2. The minimum absolute atomic E-state index is 0.0119. The number of hydrogen-bond donors (Lipinski definition) is 1. The minimum atomic E-state index is -0.125. The van der Waals surface area contributed by atoms with Gasteiger partial charge in [-0.1, -0.05) is 17.7 Å². The van der Waals surface area contributed by atoms with Crippen molar-refractivity contribution in [3.8, 4) is 17.2 Å². The van der Waals surface area contributed by atoms with Gasteiger partial charge in [-0.2, -0.15) is 0 Å². The Morgan fingerprint density at radius 3 is 2.60 bits per heavy atom. The first-order valence-electron chi connectivity index (χ1n) is 10.2. The molecule has 1 saturated heterocycles. The summed E-state index contributed by atoms with van der Waals surface area (Å²) in [5.41, 5.74) is 2.86. The number of piperidine rings is 1. The summed E-state index contributed by atoms with van der Waals surface area (Å²) in [5, 5.41) is 2.94. The highest BCUT2D eigenvalue weighted by atomic mass is 16.7. The van der Waals surface area contributed by atoms with Gasteiger partial charge in [-0.15, -0.1) is 0 Å². The van der Waals surface area contributed by atoms with Gasteiger partial charge in [0.1, 0.15) is 5.75 Å². The van der Waals surface area contributed by atoms with E-state index in [4.69, 9.17) is 14.2 Å². The Kier molecular flexibility index (Phi) is 5.79. The summed E-state index contributed by atoms with van der Waals surface area (Å²) >= 11 is 0. The van der Waals surface area contributed by atoms with Crippen LogP contribution in [-0.2, 0) is 9.59 Å². The van der Waals surface area contributed by atoms with E-state index in [1.54, 1.807) is 23.1 Å². The smallest absolute Gasteiger partial charge is 0.260 e. The Balaban J connectivity index is 1.25. The highest BCUT2D eigenvalue weighted by Crippen LogP contribution is 2.34. The third-order valence-corrected chi connectivity index (χ3v) is 5.54. The zero-order valence-electron chi connectivity index (χ0n) is 17.3. The molecule has 4 rings (SSSR count). The molecule has 0 radical (unpaired) electrons. The quantitative estimate of drug-likeness (QED) is 0.819. The van der Waals surface area contributed by atoms with Crippen LogP contribution < -0.4 is 19.5 Å². The minimum Gasteiger partial charge on any atom is -0.484 e. The molecule has 2 heterocycles. The number of rotatable bonds is 5. The monoisotopic (exact) mass is 410 g/mol. The molecule has 0 aromatic heterocycles. The highest BCUT2D eigenvalue weighted by molar-refractivity contribution is 5.93. The van der Waals surface area contributed by atoms with Gasteiger partial charge in [-0.3, -0.25) is 9.59 Å². The number of likely N-dealkylation sites (tertiary alicyclic amines) is 1. The van der Waals surface area contributed by atoms with Gasteiger partial charge in [-0.25, -0.2) is 0 Å². The van der Waals surface area contributed by atoms with Gasteiger partial charge in [0.25, 0.3) is 5.91 Å². The van der Waals surface area contributed by atoms with Crippen LogP contribution in [0.2, 0.25) is 0 Å². The molecule has 1 fully saturated rings. The van der Waals surface area contributed by atoms with Crippen LogP contribution in [0.4, 0.5) is 5.69 Å². The van der Waals surface area contributed by atoms with Crippen molar-refractivity contribution in [2.24, 2.45) is 5.92 Å². The Morgan fingerprint density at radius 2 is 1.83 bits per heavy atom. The van der Waals surface area contributed by atoms with Crippen molar-refractivity contribution in [3.63, 3.8) is 0 Å². The first-order valence-corrected chi connectivity index (χ1v) is 10.2. The molecule has 0 aliphatic carbocycles. The molecule has 2 aromatic carbocycles. The van der Waals surface area contributed by atoms with Gasteiger partial charge in [-0.05, 0) is 50.5 Å². The molecule has 0 bridgehead atoms. The first kappa shape index (κ1) is 20.1. The van der Waals surface area contributed by atoms with E-state index < -0.39 is 0 Å². The number of fused-ring (bicyclic) bond motifs is 1. The Bertz CT molecular complexity index is 951. The predicted molar refractivity (Wildman–Crippen MR) is 112 cm³/mol. The molecule has 7 heteroatoms. The number of ether oxygens (including phenoxy) is 3. The SMILES string of the molecule is Cc1ccc(OCC(=O)N2CCC(C(=O)Nc3ccc4c(c3)OCO4)CC2)c(C)c1. The average Bonchev–Trinajstić information content (AvgIpc) is 3.21. The second kappa shape index (κ2) is 8.65. The fourth-order valence-corrected chi connectivity index (χ4v) is 3.80. The summed E-state index contributed by atoms with van der Waals surface area (Å²) in [6, 6.07) is 11.2. The maximum Gasteiger partial charge on any atom is 0.260 e. The van der Waals surface area contributed by atoms with Crippen molar-refractivity contribution < 1.29 is 23.8 Å². The topological polar surface area (TPSA) is 77.1 Å². The van der Waals surface area contributed by atoms with Crippen LogP contribution in [0, 0.1) is 19.8 Å². The Hall–Kier alpha value is -3.22. The molecule has 0 unspecified atom stereocenters. The van der Waals surface area contributed by atoms with Crippen molar-refractivity contribution in [3.05, 3.63) is 47.5 Å². The number of amides is 2. The van der Waals surface area contributed by atoms with Gasteiger partial charge in [0.15, 0.2) is 18.1 Å². The summed E-state index contributed by atoms with van der Waals surface area (Å²) in [6.45, 7) is 5.30. The van der Waals surface area contributed by atoms with Crippen LogP contribution in [0.3, 0.4) is 0 Å². The third kappa shape index (κ3) is 4.50. The largest absolute Gasteiger partial charge is 0.484 e. The predicted octanol–water partition coefficient (Wildman–Crippen LogP) is 3.29. The van der Waals surface area contributed by atoms with Crippen LogP contribution in [0.1, 0.15) is 24.0 Å². The fraction of sp³-hybridized carbons (Fsp3) is 0.391. The second-order valence-corrected chi connectivity index (χ2v) is 7.77. The van der Waals surface area contributed by atoms with E-state index in [2.05, 4.69) is 5.32 Å². The Labute approximate surface area is 175 Å². The number of carbonyl (C=O) groups is 2. The van der Waals surface area contributed by atoms with E-state index in [1.807, 2.05) is 32.0 Å². The van der Waals surface area contributed by atoms with Crippen molar-refractivity contribution in [2.75, 3.05) is 31.8 Å². The molecule has 1 N–H and O–H groups in total. The number of anilines is 1. The summed E-state index contributed by atoms with van der Waals surface area (Å²) < 4.78 is 16.3. The molecular weight excluding hydrogens is 384 g/mol. The molecular formula is C23H26N2O5. The van der Waals surface area contributed by atoms with E-state index >= 15 is 0 Å². The van der Waals surface area contributed by atoms with E-state index in [9.17, 15) is 9.59 Å². The summed E-state index contributed by atoms with van der Waals surface area (Å²) in [6.07, 6.45) is 1.26. The first-order chi connectivity index (χ1) is 14.5. The normalized spacial score (nSPS) is 15.7. The fourth-order valence-electron chi connectivity index (χ4n) is 3.80. The number of benzene rings is 2. The third-order valence-electron chi connectivity index (χ3n) is 5.54. The summed E-state index contributed by atoms with van der Waals surface area (Å²) in [4.78, 5) is 26.9. The Morgan fingerprint density at radius 1 is 1.07 bits per heavy atom. The van der Waals surface area contributed by atoms with Crippen LogP contribution in [-0.4, -0.2) is 43.2 Å². The number of hydrogen-bond acceptors (Lipinski definition) is 5. The highest BCUT2D eigenvalue weighted by Gasteiger charge is 2.28. The van der Waals surface area contributed by atoms with Gasteiger partial charge < -0.3 is 24.4 Å². The van der Waals surface area contributed by atoms with Crippen LogP contribution in [0.25, 0.3) is 0 Å². The molecule has 0 spiro atoms. The van der Waals surface area contributed by atoms with Crippen LogP contribution in [0.15, 0.2) is 36.4 Å². The van der Waals surface area contributed by atoms with Crippen LogP contribution in [0.5, 0.6) is 17.2 Å². The van der Waals surface area contributed by atoms with Crippen molar-refractivity contribution >= 4 is 17.5 Å². The second-order valence-electron chi connectivity index (χ2n) is 7.77. The molecule has 0 saturated carbocycles. The van der Waals surface area contributed by atoms with Crippen molar-refractivity contribution in [1.29, 1.82) is 0 Å². The number of nitrogens with zero attached hydrogens (tertiary/aromatic N) is 1. The lowest BCUT2D eigenvalue weighted by atomic mass is 9.95. The molecule has 2 aliphatic rings. The van der Waals surface area contributed by atoms with Gasteiger partial charge in [0.05, 0.1) is 0 Å². The van der Waals surface area contributed by atoms with Crippen LogP contribution >= 0.6 is 0 Å². The lowest BCUT2D eigenvalue weighted by Gasteiger charge is -2.31. The van der Waals surface area contributed by atoms with Gasteiger partial charge in [0, 0.05) is 30.8 Å². The zero-order chi connectivity index (χ0) is 21.1.